The molecular weight excluding hydrogens is 212 g/mol. The molecule has 1 aliphatic carbocycles. The van der Waals surface area contributed by atoms with E-state index in [4.69, 9.17) is 10.5 Å². The van der Waals surface area contributed by atoms with Crippen LogP contribution in [0.4, 0.5) is 0 Å². The fourth-order valence-electron chi connectivity index (χ4n) is 2.88. The SMILES string of the molecule is COC1(C(N)c2cnccc2C)CCCCC1. The smallest absolute Gasteiger partial charge is 0.0871 e. The number of pyridine rings is 1. The number of aromatic nitrogens is 1. The quantitative estimate of drug-likeness (QED) is 0.874. The van der Waals surface area contributed by atoms with Crippen LogP contribution in [-0.4, -0.2) is 17.7 Å². The fraction of sp³-hybridized carbons (Fsp3) is 0.643. The second-order valence-electron chi connectivity index (χ2n) is 5.04. The lowest BCUT2D eigenvalue weighted by atomic mass is 9.76. The lowest BCUT2D eigenvalue weighted by Gasteiger charge is -2.41. The van der Waals surface area contributed by atoms with Gasteiger partial charge in [0.1, 0.15) is 0 Å². The van der Waals surface area contributed by atoms with Gasteiger partial charge in [0, 0.05) is 19.5 Å². The van der Waals surface area contributed by atoms with Crippen molar-refractivity contribution in [2.75, 3.05) is 7.11 Å². The Morgan fingerprint density at radius 3 is 2.65 bits per heavy atom. The van der Waals surface area contributed by atoms with Gasteiger partial charge >= 0.3 is 0 Å². The summed E-state index contributed by atoms with van der Waals surface area (Å²) >= 11 is 0. The summed E-state index contributed by atoms with van der Waals surface area (Å²) in [6.07, 6.45) is 9.52. The molecule has 1 aromatic heterocycles. The van der Waals surface area contributed by atoms with Crippen molar-refractivity contribution in [2.24, 2.45) is 5.73 Å². The summed E-state index contributed by atoms with van der Waals surface area (Å²) in [5.74, 6) is 0. The van der Waals surface area contributed by atoms with E-state index < -0.39 is 0 Å². The molecule has 0 aromatic carbocycles. The van der Waals surface area contributed by atoms with Gasteiger partial charge in [-0.05, 0) is 37.0 Å². The maximum absolute atomic E-state index is 6.45. The van der Waals surface area contributed by atoms with E-state index >= 15 is 0 Å². The number of aryl methyl sites for hydroxylation is 1. The summed E-state index contributed by atoms with van der Waals surface area (Å²) in [5.41, 5.74) is 8.59. The molecule has 0 amide bonds. The predicted octanol–water partition coefficient (Wildman–Crippen LogP) is 2.74. The molecule has 17 heavy (non-hydrogen) atoms. The molecule has 1 aromatic rings. The molecule has 94 valence electrons. The molecule has 1 saturated carbocycles. The summed E-state index contributed by atoms with van der Waals surface area (Å²) in [6.45, 7) is 2.09. The number of hydrogen-bond acceptors (Lipinski definition) is 3. The van der Waals surface area contributed by atoms with Gasteiger partial charge in [0.2, 0.25) is 0 Å². The van der Waals surface area contributed by atoms with Gasteiger partial charge in [0.25, 0.3) is 0 Å². The zero-order valence-electron chi connectivity index (χ0n) is 10.8. The minimum atomic E-state index is -0.188. The summed E-state index contributed by atoms with van der Waals surface area (Å²) in [7, 11) is 1.79. The second-order valence-corrected chi connectivity index (χ2v) is 5.04. The van der Waals surface area contributed by atoms with E-state index in [-0.39, 0.29) is 11.6 Å². The van der Waals surface area contributed by atoms with Gasteiger partial charge in [-0.1, -0.05) is 19.3 Å². The molecule has 1 unspecified atom stereocenters. The van der Waals surface area contributed by atoms with Gasteiger partial charge in [-0.15, -0.1) is 0 Å². The molecule has 1 aliphatic rings. The molecule has 1 atom stereocenters. The Labute approximate surface area is 103 Å². The van der Waals surface area contributed by atoms with Crippen LogP contribution in [0.15, 0.2) is 18.5 Å². The molecular formula is C14H22N2O. The van der Waals surface area contributed by atoms with Crippen molar-refractivity contribution in [2.45, 2.75) is 50.7 Å². The van der Waals surface area contributed by atoms with Crippen LogP contribution in [0, 0.1) is 6.92 Å². The van der Waals surface area contributed by atoms with Crippen LogP contribution >= 0.6 is 0 Å². The third kappa shape index (κ3) is 2.35. The minimum absolute atomic E-state index is 0.0681. The molecule has 0 radical (unpaired) electrons. The lowest BCUT2D eigenvalue weighted by Crippen LogP contribution is -2.45. The van der Waals surface area contributed by atoms with E-state index in [0.29, 0.717) is 0 Å². The average molecular weight is 234 g/mol. The van der Waals surface area contributed by atoms with E-state index in [1.54, 1.807) is 7.11 Å². The van der Waals surface area contributed by atoms with E-state index in [9.17, 15) is 0 Å². The number of nitrogens with zero attached hydrogens (tertiary/aromatic N) is 1. The zero-order chi connectivity index (χ0) is 12.3. The Kier molecular flexibility index (Phi) is 3.79. The first-order chi connectivity index (χ1) is 8.19. The molecule has 0 saturated heterocycles. The van der Waals surface area contributed by atoms with Crippen LogP contribution in [-0.2, 0) is 4.74 Å². The van der Waals surface area contributed by atoms with Crippen LogP contribution in [0.5, 0.6) is 0 Å². The first kappa shape index (κ1) is 12.5. The number of hydrogen-bond donors (Lipinski definition) is 1. The van der Waals surface area contributed by atoms with Crippen LogP contribution < -0.4 is 5.73 Å². The average Bonchev–Trinajstić information content (AvgIpc) is 2.39. The van der Waals surface area contributed by atoms with Crippen LogP contribution in [0.1, 0.15) is 49.3 Å². The van der Waals surface area contributed by atoms with Crippen molar-refractivity contribution in [3.63, 3.8) is 0 Å². The Hall–Kier alpha value is -0.930. The Morgan fingerprint density at radius 2 is 2.06 bits per heavy atom. The Morgan fingerprint density at radius 1 is 1.35 bits per heavy atom. The monoisotopic (exact) mass is 234 g/mol. The zero-order valence-corrected chi connectivity index (χ0v) is 10.8. The van der Waals surface area contributed by atoms with Crippen molar-refractivity contribution in [3.05, 3.63) is 29.6 Å². The first-order valence-electron chi connectivity index (χ1n) is 6.41. The Balaban J connectivity index is 2.28. The fourth-order valence-corrected chi connectivity index (χ4v) is 2.88. The topological polar surface area (TPSA) is 48.1 Å². The highest BCUT2D eigenvalue weighted by Gasteiger charge is 2.39. The molecule has 0 bridgehead atoms. The highest BCUT2D eigenvalue weighted by Crippen LogP contribution is 2.40. The van der Waals surface area contributed by atoms with Crippen molar-refractivity contribution < 1.29 is 4.74 Å². The highest BCUT2D eigenvalue weighted by atomic mass is 16.5. The normalized spacial score (nSPS) is 21.1. The van der Waals surface area contributed by atoms with E-state index in [1.807, 2.05) is 18.5 Å². The number of methoxy groups -OCH3 is 1. The molecule has 2 N–H and O–H groups in total. The largest absolute Gasteiger partial charge is 0.376 e. The van der Waals surface area contributed by atoms with Crippen molar-refractivity contribution in [1.82, 2.24) is 4.98 Å². The van der Waals surface area contributed by atoms with Crippen molar-refractivity contribution in [3.8, 4) is 0 Å². The summed E-state index contributed by atoms with van der Waals surface area (Å²) in [6, 6.07) is 1.95. The standard InChI is InChI=1S/C14H22N2O/c1-11-6-9-16-10-12(11)13(15)14(17-2)7-4-3-5-8-14/h6,9-10,13H,3-5,7-8,15H2,1-2H3. The predicted molar refractivity (Wildman–Crippen MR) is 68.7 cm³/mol. The van der Waals surface area contributed by atoms with E-state index in [0.717, 1.165) is 18.4 Å². The van der Waals surface area contributed by atoms with Gasteiger partial charge in [-0.2, -0.15) is 0 Å². The minimum Gasteiger partial charge on any atom is -0.376 e. The van der Waals surface area contributed by atoms with Gasteiger partial charge in [-0.25, -0.2) is 0 Å². The Bertz CT molecular complexity index is 372. The summed E-state index contributed by atoms with van der Waals surface area (Å²) in [4.78, 5) is 4.19. The maximum atomic E-state index is 6.45. The summed E-state index contributed by atoms with van der Waals surface area (Å²) in [5, 5.41) is 0. The van der Waals surface area contributed by atoms with E-state index in [1.165, 1.54) is 24.8 Å². The van der Waals surface area contributed by atoms with Crippen LogP contribution in [0.3, 0.4) is 0 Å². The molecule has 3 nitrogen and oxygen atoms in total. The highest BCUT2D eigenvalue weighted by molar-refractivity contribution is 5.27. The lowest BCUT2D eigenvalue weighted by molar-refractivity contribution is -0.0597. The number of rotatable bonds is 3. The molecule has 1 heterocycles. The first-order valence-corrected chi connectivity index (χ1v) is 6.41. The summed E-state index contributed by atoms with van der Waals surface area (Å²) < 4.78 is 5.80. The molecule has 0 aliphatic heterocycles. The third-order valence-electron chi connectivity index (χ3n) is 4.09. The number of nitrogens with two attached hydrogens (primary N) is 1. The van der Waals surface area contributed by atoms with Crippen LogP contribution in [0.2, 0.25) is 0 Å². The maximum Gasteiger partial charge on any atom is 0.0871 e. The van der Waals surface area contributed by atoms with Gasteiger partial charge in [0.05, 0.1) is 11.6 Å². The van der Waals surface area contributed by atoms with Crippen LogP contribution in [0.25, 0.3) is 0 Å². The molecule has 3 heteroatoms. The van der Waals surface area contributed by atoms with Gasteiger partial charge < -0.3 is 10.5 Å². The van der Waals surface area contributed by atoms with E-state index in [2.05, 4.69) is 11.9 Å². The van der Waals surface area contributed by atoms with Crippen molar-refractivity contribution >= 4 is 0 Å². The van der Waals surface area contributed by atoms with Crippen molar-refractivity contribution in [1.29, 1.82) is 0 Å². The third-order valence-corrected chi connectivity index (χ3v) is 4.09. The molecule has 0 spiro atoms. The van der Waals surface area contributed by atoms with Gasteiger partial charge in [0.15, 0.2) is 0 Å². The molecule has 2 rings (SSSR count). The van der Waals surface area contributed by atoms with Gasteiger partial charge in [-0.3, -0.25) is 4.98 Å². The number of ether oxygens (including phenoxy) is 1. The second kappa shape index (κ2) is 5.15. The molecule has 1 fully saturated rings.